The molecule has 2 aromatic rings. The van der Waals surface area contributed by atoms with E-state index in [9.17, 15) is 18.0 Å². The lowest BCUT2D eigenvalue weighted by atomic mass is 9.77. The van der Waals surface area contributed by atoms with Crippen LogP contribution in [-0.2, 0) is 11.7 Å². The second kappa shape index (κ2) is 6.92. The Morgan fingerprint density at radius 2 is 2.07 bits per heavy atom. The van der Waals surface area contributed by atoms with Gasteiger partial charge in [0, 0.05) is 24.2 Å². The number of carbonyl (C=O) groups is 1. The topological polar surface area (TPSA) is 66.0 Å². The molecule has 2 aliphatic rings. The van der Waals surface area contributed by atoms with Gasteiger partial charge < -0.3 is 16.0 Å². The molecule has 5 nitrogen and oxygen atoms in total. The van der Waals surface area contributed by atoms with Gasteiger partial charge in [-0.3, -0.25) is 4.98 Å². The van der Waals surface area contributed by atoms with Gasteiger partial charge in [-0.15, -0.1) is 0 Å². The number of carbonyl (C=O) groups excluding carboxylic acids is 1. The molecule has 2 amide bonds. The minimum absolute atomic E-state index is 0.0884. The highest BCUT2D eigenvalue weighted by Gasteiger charge is 2.42. The number of aromatic nitrogens is 1. The number of urea groups is 1. The number of nitrogens with one attached hydrogen (secondary N) is 3. The van der Waals surface area contributed by atoms with Crippen LogP contribution in [0, 0.1) is 5.92 Å². The Kier molecular flexibility index (Phi) is 4.69. The van der Waals surface area contributed by atoms with E-state index >= 15 is 0 Å². The number of pyridine rings is 1. The third-order valence-corrected chi connectivity index (χ3v) is 5.47. The zero-order valence-corrected chi connectivity index (χ0v) is 15.6. The number of benzene rings is 1. The number of piperidine rings is 1. The van der Waals surface area contributed by atoms with Gasteiger partial charge in [-0.1, -0.05) is 19.1 Å². The Balaban J connectivity index is 1.82. The SMILES string of the molecule is C[C@@H]1CNC[C@](NC(=O)NC2CC2)(c2ccc(C(F)(F)F)c3ncccc23)C1. The predicted molar refractivity (Wildman–Crippen MR) is 99.8 cm³/mol. The fourth-order valence-corrected chi connectivity index (χ4v) is 4.12. The summed E-state index contributed by atoms with van der Waals surface area (Å²) in [5.74, 6) is 0.254. The summed E-state index contributed by atoms with van der Waals surface area (Å²) in [7, 11) is 0. The number of fused-ring (bicyclic) bond motifs is 1. The largest absolute Gasteiger partial charge is 0.418 e. The van der Waals surface area contributed by atoms with Gasteiger partial charge in [0.05, 0.1) is 16.6 Å². The number of hydrogen-bond donors (Lipinski definition) is 3. The zero-order valence-electron chi connectivity index (χ0n) is 15.6. The molecule has 150 valence electrons. The van der Waals surface area contributed by atoms with Crippen molar-refractivity contribution in [2.75, 3.05) is 13.1 Å². The zero-order chi connectivity index (χ0) is 19.9. The third-order valence-electron chi connectivity index (χ3n) is 5.47. The first-order valence-corrected chi connectivity index (χ1v) is 9.53. The maximum absolute atomic E-state index is 13.5. The molecule has 1 saturated heterocycles. The van der Waals surface area contributed by atoms with Crippen LogP contribution in [0.5, 0.6) is 0 Å². The first-order valence-electron chi connectivity index (χ1n) is 9.53. The second-order valence-electron chi connectivity index (χ2n) is 7.95. The highest BCUT2D eigenvalue weighted by atomic mass is 19.4. The predicted octanol–water partition coefficient (Wildman–Crippen LogP) is 3.54. The van der Waals surface area contributed by atoms with Crippen LogP contribution in [0.4, 0.5) is 18.0 Å². The van der Waals surface area contributed by atoms with Crippen LogP contribution < -0.4 is 16.0 Å². The summed E-state index contributed by atoms with van der Waals surface area (Å²) in [4.78, 5) is 16.6. The monoisotopic (exact) mass is 392 g/mol. The van der Waals surface area contributed by atoms with Crippen LogP contribution in [0.3, 0.4) is 0 Å². The summed E-state index contributed by atoms with van der Waals surface area (Å²) in [5, 5.41) is 9.74. The quantitative estimate of drug-likeness (QED) is 0.749. The summed E-state index contributed by atoms with van der Waals surface area (Å²) >= 11 is 0. The lowest BCUT2D eigenvalue weighted by Crippen LogP contribution is -2.59. The Morgan fingerprint density at radius 1 is 1.29 bits per heavy atom. The van der Waals surface area contributed by atoms with Gasteiger partial charge in [-0.25, -0.2) is 4.79 Å². The molecule has 3 N–H and O–H groups in total. The molecule has 28 heavy (non-hydrogen) atoms. The van der Waals surface area contributed by atoms with Crippen molar-refractivity contribution >= 4 is 16.9 Å². The number of alkyl halides is 3. The minimum Gasteiger partial charge on any atom is -0.335 e. The average Bonchev–Trinajstić information content (AvgIpc) is 3.43. The molecule has 0 bridgehead atoms. The van der Waals surface area contributed by atoms with Crippen LogP contribution >= 0.6 is 0 Å². The molecule has 2 atom stereocenters. The number of halogens is 3. The number of amides is 2. The third kappa shape index (κ3) is 3.65. The highest BCUT2D eigenvalue weighted by molar-refractivity contribution is 5.87. The first-order chi connectivity index (χ1) is 13.3. The summed E-state index contributed by atoms with van der Waals surface area (Å²) in [5.41, 5.74) is -0.994. The molecule has 8 heteroatoms. The maximum Gasteiger partial charge on any atom is 0.418 e. The van der Waals surface area contributed by atoms with Crippen molar-refractivity contribution in [1.29, 1.82) is 0 Å². The van der Waals surface area contributed by atoms with Crippen molar-refractivity contribution in [3.8, 4) is 0 Å². The van der Waals surface area contributed by atoms with Crippen LogP contribution in [-0.4, -0.2) is 30.1 Å². The summed E-state index contributed by atoms with van der Waals surface area (Å²) in [6, 6.07) is 5.75. The first kappa shape index (κ1) is 19.0. The van der Waals surface area contributed by atoms with E-state index in [1.54, 1.807) is 12.1 Å². The van der Waals surface area contributed by atoms with Crippen molar-refractivity contribution in [3.63, 3.8) is 0 Å². The van der Waals surface area contributed by atoms with Crippen LogP contribution in [0.15, 0.2) is 30.5 Å². The van der Waals surface area contributed by atoms with Crippen molar-refractivity contribution in [1.82, 2.24) is 20.9 Å². The summed E-state index contributed by atoms with van der Waals surface area (Å²) in [6.45, 7) is 3.31. The molecule has 0 radical (unpaired) electrons. The van der Waals surface area contributed by atoms with E-state index in [4.69, 9.17) is 0 Å². The molecule has 0 spiro atoms. The van der Waals surface area contributed by atoms with Crippen molar-refractivity contribution in [2.24, 2.45) is 5.92 Å². The van der Waals surface area contributed by atoms with Crippen LogP contribution in [0.1, 0.15) is 37.3 Å². The van der Waals surface area contributed by atoms with Gasteiger partial charge >= 0.3 is 12.2 Å². The van der Waals surface area contributed by atoms with Gasteiger partial charge in [0.2, 0.25) is 0 Å². The summed E-state index contributed by atoms with van der Waals surface area (Å²) < 4.78 is 40.4. The van der Waals surface area contributed by atoms with Crippen LogP contribution in [0.25, 0.3) is 10.9 Å². The van der Waals surface area contributed by atoms with Gasteiger partial charge in [0.25, 0.3) is 0 Å². The molecule has 0 unspecified atom stereocenters. The Labute approximate surface area is 161 Å². The molecular formula is C20H23F3N4O. The van der Waals surface area contributed by atoms with E-state index in [0.717, 1.165) is 25.5 Å². The van der Waals surface area contributed by atoms with E-state index in [0.29, 0.717) is 23.9 Å². The second-order valence-corrected chi connectivity index (χ2v) is 7.95. The number of rotatable bonds is 3. The molecule has 2 heterocycles. The Hall–Kier alpha value is -2.35. The van der Waals surface area contributed by atoms with E-state index in [-0.39, 0.29) is 23.5 Å². The van der Waals surface area contributed by atoms with E-state index in [1.807, 2.05) is 0 Å². The van der Waals surface area contributed by atoms with Crippen LogP contribution in [0.2, 0.25) is 0 Å². The maximum atomic E-state index is 13.5. The van der Waals surface area contributed by atoms with E-state index in [2.05, 4.69) is 27.9 Å². The van der Waals surface area contributed by atoms with Gasteiger partial charge in [-0.2, -0.15) is 13.2 Å². The van der Waals surface area contributed by atoms with Crippen molar-refractivity contribution < 1.29 is 18.0 Å². The van der Waals surface area contributed by atoms with E-state index < -0.39 is 17.3 Å². The molecule has 2 fully saturated rings. The molecule has 1 aliphatic heterocycles. The Morgan fingerprint density at radius 3 is 2.75 bits per heavy atom. The van der Waals surface area contributed by atoms with E-state index in [1.165, 1.54) is 12.3 Å². The van der Waals surface area contributed by atoms with Gasteiger partial charge in [-0.05, 0) is 49.4 Å². The molecule has 1 aromatic heterocycles. The van der Waals surface area contributed by atoms with Crippen molar-refractivity contribution in [3.05, 3.63) is 41.6 Å². The Bertz CT molecular complexity index is 897. The smallest absolute Gasteiger partial charge is 0.335 e. The van der Waals surface area contributed by atoms with Gasteiger partial charge in [0.1, 0.15) is 0 Å². The lowest BCUT2D eigenvalue weighted by Gasteiger charge is -2.42. The molecule has 1 saturated carbocycles. The average molecular weight is 392 g/mol. The van der Waals surface area contributed by atoms with Crippen molar-refractivity contribution in [2.45, 2.75) is 43.9 Å². The molecule has 4 rings (SSSR count). The molecule has 1 aliphatic carbocycles. The molecule has 1 aromatic carbocycles. The molecular weight excluding hydrogens is 369 g/mol. The normalized spacial score (nSPS) is 25.5. The fourth-order valence-electron chi connectivity index (χ4n) is 4.12. The highest BCUT2D eigenvalue weighted by Crippen LogP contribution is 2.40. The summed E-state index contributed by atoms with van der Waals surface area (Å²) in [6.07, 6.45) is -0.575. The fraction of sp³-hybridized carbons (Fsp3) is 0.500. The number of hydrogen-bond acceptors (Lipinski definition) is 3. The standard InChI is InChI=1S/C20H23F3N4O/c1-12-9-19(11-24-10-12,27-18(28)26-13-4-5-13)15-6-7-16(20(21,22)23)17-14(15)3-2-8-25-17/h2-3,6-8,12-13,24H,4-5,9-11H2,1H3,(H2,26,27,28)/t12-,19-/m0/s1. The minimum atomic E-state index is -4.49. The number of nitrogens with zero attached hydrogens (tertiary/aromatic N) is 1. The lowest BCUT2D eigenvalue weighted by molar-refractivity contribution is -0.136. The van der Waals surface area contributed by atoms with Gasteiger partial charge in [0.15, 0.2) is 0 Å².